The van der Waals surface area contributed by atoms with Gasteiger partial charge in [0.25, 0.3) is 0 Å². The van der Waals surface area contributed by atoms with Crippen molar-refractivity contribution in [1.82, 2.24) is 9.88 Å². The molecule has 1 aromatic rings. The Morgan fingerprint density at radius 2 is 2.11 bits per heavy atom. The van der Waals surface area contributed by atoms with E-state index in [4.69, 9.17) is 5.73 Å². The molecule has 6 heteroatoms. The van der Waals surface area contributed by atoms with Crippen LogP contribution in [0.3, 0.4) is 0 Å². The largest absolute Gasteiger partial charge is 0.465 e. The monoisotopic (exact) mass is 262 g/mol. The molecule has 2 aliphatic rings. The number of nitrogens with zero attached hydrogens (tertiary/aromatic N) is 2. The average molecular weight is 262 g/mol. The third-order valence-corrected chi connectivity index (χ3v) is 4.13. The van der Waals surface area contributed by atoms with Crippen LogP contribution in [0, 0.1) is 0 Å². The number of rotatable bonds is 2. The number of carboxylic acid groups (broad SMARTS) is 1. The molecular weight excluding hydrogens is 244 g/mol. The first kappa shape index (κ1) is 12.1. The minimum Gasteiger partial charge on any atom is -0.465 e. The van der Waals surface area contributed by atoms with Crippen LogP contribution in [0.15, 0.2) is 18.3 Å². The number of nitrogen functional groups attached to an aromatic ring is 1. The normalized spacial score (nSPS) is 29.3. The van der Waals surface area contributed by atoms with E-state index in [1.54, 1.807) is 17.2 Å². The first-order valence-corrected chi connectivity index (χ1v) is 6.63. The van der Waals surface area contributed by atoms with Crippen LogP contribution in [0.4, 0.5) is 16.3 Å². The molecule has 4 N–H and O–H groups in total. The predicted octanol–water partition coefficient (Wildman–Crippen LogP) is 1.75. The minimum absolute atomic E-state index is 0.138. The summed E-state index contributed by atoms with van der Waals surface area (Å²) in [4.78, 5) is 17.1. The summed E-state index contributed by atoms with van der Waals surface area (Å²) in [5, 5.41) is 12.6. The van der Waals surface area contributed by atoms with Crippen molar-refractivity contribution >= 4 is 17.6 Å². The van der Waals surface area contributed by atoms with E-state index in [0.29, 0.717) is 11.5 Å². The van der Waals surface area contributed by atoms with Gasteiger partial charge in [-0.3, -0.25) is 0 Å². The van der Waals surface area contributed by atoms with Gasteiger partial charge in [0.15, 0.2) is 0 Å². The second-order valence-corrected chi connectivity index (χ2v) is 5.33. The van der Waals surface area contributed by atoms with Crippen LogP contribution in [0.25, 0.3) is 0 Å². The maximum absolute atomic E-state index is 11.2. The van der Waals surface area contributed by atoms with Crippen molar-refractivity contribution < 1.29 is 9.90 Å². The summed E-state index contributed by atoms with van der Waals surface area (Å²) in [6.45, 7) is 0. The van der Waals surface area contributed by atoms with Crippen molar-refractivity contribution in [3.8, 4) is 0 Å². The fourth-order valence-electron chi connectivity index (χ4n) is 3.34. The number of pyridine rings is 1. The Labute approximate surface area is 111 Å². The van der Waals surface area contributed by atoms with E-state index >= 15 is 0 Å². The molecule has 2 aliphatic heterocycles. The Morgan fingerprint density at radius 3 is 2.68 bits per heavy atom. The van der Waals surface area contributed by atoms with Crippen molar-refractivity contribution in [2.75, 3.05) is 11.1 Å². The number of aromatic nitrogens is 1. The van der Waals surface area contributed by atoms with E-state index in [0.717, 1.165) is 25.7 Å². The predicted molar refractivity (Wildman–Crippen MR) is 72.0 cm³/mol. The van der Waals surface area contributed by atoms with Gasteiger partial charge in [0.05, 0.1) is 5.69 Å². The lowest BCUT2D eigenvalue weighted by Gasteiger charge is -2.37. The fraction of sp³-hybridized carbons (Fsp3) is 0.538. The van der Waals surface area contributed by atoms with Crippen LogP contribution < -0.4 is 11.1 Å². The minimum atomic E-state index is -0.789. The lowest BCUT2D eigenvalue weighted by molar-refractivity contribution is 0.0994. The molecule has 2 fully saturated rings. The van der Waals surface area contributed by atoms with Gasteiger partial charge in [-0.05, 0) is 37.8 Å². The van der Waals surface area contributed by atoms with Gasteiger partial charge in [0.2, 0.25) is 0 Å². The van der Waals surface area contributed by atoms with Gasteiger partial charge in [-0.25, -0.2) is 9.78 Å². The molecule has 6 nitrogen and oxygen atoms in total. The number of hydrogen-bond donors (Lipinski definition) is 3. The van der Waals surface area contributed by atoms with E-state index in [-0.39, 0.29) is 18.1 Å². The zero-order valence-corrected chi connectivity index (χ0v) is 10.6. The standard InChI is InChI=1S/C13H18N4O2/c14-11-2-1-5-15-12(11)16-8-6-9-3-4-10(7-8)17(9)13(18)19/h1-2,5,8-10H,3-4,6-7,14H2,(H,15,16)(H,18,19)/t8?,9-,10+. The van der Waals surface area contributed by atoms with Crippen LogP contribution in [0.2, 0.25) is 0 Å². The molecule has 1 unspecified atom stereocenters. The fourth-order valence-corrected chi connectivity index (χ4v) is 3.34. The van der Waals surface area contributed by atoms with E-state index in [2.05, 4.69) is 10.3 Å². The zero-order chi connectivity index (χ0) is 13.4. The Balaban J connectivity index is 1.70. The van der Waals surface area contributed by atoms with E-state index in [9.17, 15) is 9.90 Å². The summed E-state index contributed by atoms with van der Waals surface area (Å²) >= 11 is 0. The summed E-state index contributed by atoms with van der Waals surface area (Å²) in [5.41, 5.74) is 6.50. The van der Waals surface area contributed by atoms with Crippen LogP contribution >= 0.6 is 0 Å². The number of carbonyl (C=O) groups is 1. The number of hydrogen-bond acceptors (Lipinski definition) is 4. The number of nitrogens with two attached hydrogens (primary N) is 1. The van der Waals surface area contributed by atoms with Gasteiger partial charge in [-0.1, -0.05) is 0 Å². The smallest absolute Gasteiger partial charge is 0.407 e. The highest BCUT2D eigenvalue weighted by atomic mass is 16.4. The first-order chi connectivity index (χ1) is 9.15. The Bertz CT molecular complexity index is 479. The lowest BCUT2D eigenvalue weighted by Crippen LogP contribution is -2.49. The van der Waals surface area contributed by atoms with Gasteiger partial charge in [-0.15, -0.1) is 0 Å². The second kappa shape index (κ2) is 4.60. The first-order valence-electron chi connectivity index (χ1n) is 6.63. The lowest BCUT2D eigenvalue weighted by atomic mass is 9.98. The van der Waals surface area contributed by atoms with Gasteiger partial charge in [0, 0.05) is 24.3 Å². The molecule has 102 valence electrons. The van der Waals surface area contributed by atoms with Gasteiger partial charge >= 0.3 is 6.09 Å². The molecule has 2 bridgehead atoms. The molecule has 19 heavy (non-hydrogen) atoms. The molecule has 1 amide bonds. The van der Waals surface area contributed by atoms with Crippen molar-refractivity contribution in [2.24, 2.45) is 0 Å². The van der Waals surface area contributed by atoms with E-state index in [1.165, 1.54) is 0 Å². The number of anilines is 2. The van der Waals surface area contributed by atoms with Crippen molar-refractivity contribution in [3.05, 3.63) is 18.3 Å². The highest BCUT2D eigenvalue weighted by Crippen LogP contribution is 2.36. The van der Waals surface area contributed by atoms with Gasteiger partial charge in [-0.2, -0.15) is 0 Å². The number of fused-ring (bicyclic) bond motifs is 2. The quantitative estimate of drug-likeness (QED) is 0.755. The van der Waals surface area contributed by atoms with E-state index < -0.39 is 6.09 Å². The molecule has 0 aliphatic carbocycles. The highest BCUT2D eigenvalue weighted by Gasteiger charge is 2.43. The molecule has 0 saturated carbocycles. The maximum atomic E-state index is 11.2. The number of piperidine rings is 1. The van der Waals surface area contributed by atoms with Gasteiger partial charge in [0.1, 0.15) is 5.82 Å². The molecule has 0 aromatic carbocycles. The molecule has 3 heterocycles. The third kappa shape index (κ3) is 2.18. The molecule has 0 radical (unpaired) electrons. The van der Waals surface area contributed by atoms with Crippen LogP contribution in [-0.2, 0) is 0 Å². The van der Waals surface area contributed by atoms with Crippen molar-refractivity contribution in [3.63, 3.8) is 0 Å². The summed E-state index contributed by atoms with van der Waals surface area (Å²) < 4.78 is 0. The zero-order valence-electron chi connectivity index (χ0n) is 10.6. The number of nitrogens with one attached hydrogen (secondary N) is 1. The number of amides is 1. The summed E-state index contributed by atoms with van der Waals surface area (Å²) in [7, 11) is 0. The second-order valence-electron chi connectivity index (χ2n) is 5.33. The molecule has 0 spiro atoms. The summed E-state index contributed by atoms with van der Waals surface area (Å²) in [6.07, 6.45) is 4.51. The Kier molecular flexibility index (Phi) is 2.93. The van der Waals surface area contributed by atoms with Crippen molar-refractivity contribution in [1.29, 1.82) is 0 Å². The highest BCUT2D eigenvalue weighted by molar-refractivity contribution is 5.67. The van der Waals surface area contributed by atoms with Crippen LogP contribution in [-0.4, -0.2) is 39.2 Å². The molecule has 3 rings (SSSR count). The SMILES string of the molecule is Nc1cccnc1NC1C[C@H]2CC[C@@H](C1)N2C(=O)O. The third-order valence-electron chi connectivity index (χ3n) is 4.13. The molecule has 2 saturated heterocycles. The average Bonchev–Trinajstić information content (AvgIpc) is 2.65. The Morgan fingerprint density at radius 1 is 1.42 bits per heavy atom. The molecule has 3 atom stereocenters. The molecule has 1 aromatic heterocycles. The topological polar surface area (TPSA) is 91.5 Å². The molecular formula is C13H18N4O2. The van der Waals surface area contributed by atoms with Gasteiger partial charge < -0.3 is 21.1 Å². The van der Waals surface area contributed by atoms with Crippen molar-refractivity contribution in [2.45, 2.75) is 43.8 Å². The van der Waals surface area contributed by atoms with E-state index in [1.807, 2.05) is 6.07 Å². The van der Waals surface area contributed by atoms with Crippen LogP contribution in [0.5, 0.6) is 0 Å². The maximum Gasteiger partial charge on any atom is 0.407 e. The summed E-state index contributed by atoms with van der Waals surface area (Å²) in [5.74, 6) is 0.704. The Hall–Kier alpha value is -1.98. The summed E-state index contributed by atoms with van der Waals surface area (Å²) in [6, 6.07) is 4.15. The van der Waals surface area contributed by atoms with Crippen LogP contribution in [0.1, 0.15) is 25.7 Å².